The minimum atomic E-state index is -0.287. The maximum Gasteiger partial charge on any atom is 0.234 e. The van der Waals surface area contributed by atoms with Crippen molar-refractivity contribution in [3.63, 3.8) is 0 Å². The molecule has 0 aliphatic rings. The Morgan fingerprint density at radius 3 is 2.08 bits per heavy atom. The summed E-state index contributed by atoms with van der Waals surface area (Å²) in [6.07, 6.45) is 0. The molecule has 24 heavy (non-hydrogen) atoms. The Balaban J connectivity index is 2.20. The highest BCUT2D eigenvalue weighted by Crippen LogP contribution is 2.24. The molecule has 2 rings (SSSR count). The van der Waals surface area contributed by atoms with Gasteiger partial charge >= 0.3 is 0 Å². The standard InChI is InChI=1S/C19H23FN2O2/c1-13(2)22-18(23)12-21-19(14-4-8-16(20)9-5-14)15-6-10-17(24-3)11-7-15/h4-11,13,19,21H,12H2,1-3H3,(H,22,23). The average Bonchev–Trinajstić information content (AvgIpc) is 2.56. The number of benzene rings is 2. The number of carbonyl (C=O) groups is 1. The minimum absolute atomic E-state index is 0.0781. The molecule has 0 radical (unpaired) electrons. The van der Waals surface area contributed by atoms with Crippen LogP contribution in [0.1, 0.15) is 31.0 Å². The summed E-state index contributed by atoms with van der Waals surface area (Å²) in [4.78, 5) is 11.9. The summed E-state index contributed by atoms with van der Waals surface area (Å²) in [5, 5.41) is 6.09. The third-order valence-corrected chi connectivity index (χ3v) is 3.57. The molecule has 0 aromatic heterocycles. The van der Waals surface area contributed by atoms with Crippen LogP contribution in [0.25, 0.3) is 0 Å². The first-order valence-electron chi connectivity index (χ1n) is 7.91. The van der Waals surface area contributed by atoms with Crippen molar-refractivity contribution < 1.29 is 13.9 Å². The molecule has 1 atom stereocenters. The fourth-order valence-electron chi connectivity index (χ4n) is 2.45. The van der Waals surface area contributed by atoms with Crippen molar-refractivity contribution in [3.05, 3.63) is 65.5 Å². The maximum atomic E-state index is 13.2. The monoisotopic (exact) mass is 330 g/mol. The number of carbonyl (C=O) groups excluding carboxylic acids is 1. The Labute approximate surface area is 142 Å². The second kappa shape index (κ2) is 8.45. The van der Waals surface area contributed by atoms with Gasteiger partial charge in [-0.1, -0.05) is 24.3 Å². The lowest BCUT2D eigenvalue weighted by Crippen LogP contribution is -2.39. The lowest BCUT2D eigenvalue weighted by atomic mass is 9.98. The Hall–Kier alpha value is -2.40. The zero-order chi connectivity index (χ0) is 17.5. The SMILES string of the molecule is COc1ccc(C(NCC(=O)NC(C)C)c2ccc(F)cc2)cc1. The van der Waals surface area contributed by atoms with E-state index in [-0.39, 0.29) is 30.4 Å². The van der Waals surface area contributed by atoms with Crippen LogP contribution in [0.3, 0.4) is 0 Å². The first kappa shape index (κ1) is 17.9. The van der Waals surface area contributed by atoms with E-state index in [0.717, 1.165) is 16.9 Å². The van der Waals surface area contributed by atoms with Crippen molar-refractivity contribution in [1.82, 2.24) is 10.6 Å². The van der Waals surface area contributed by atoms with E-state index in [2.05, 4.69) is 10.6 Å². The lowest BCUT2D eigenvalue weighted by molar-refractivity contribution is -0.120. The zero-order valence-electron chi connectivity index (χ0n) is 14.2. The smallest absolute Gasteiger partial charge is 0.234 e. The highest BCUT2D eigenvalue weighted by Gasteiger charge is 2.16. The van der Waals surface area contributed by atoms with E-state index < -0.39 is 0 Å². The molecule has 4 nitrogen and oxygen atoms in total. The van der Waals surface area contributed by atoms with E-state index in [1.807, 2.05) is 38.1 Å². The molecule has 0 aliphatic heterocycles. The first-order valence-corrected chi connectivity index (χ1v) is 7.91. The number of rotatable bonds is 7. The molecule has 0 spiro atoms. The van der Waals surface area contributed by atoms with E-state index in [0.29, 0.717) is 0 Å². The van der Waals surface area contributed by atoms with Crippen molar-refractivity contribution in [3.8, 4) is 5.75 Å². The largest absolute Gasteiger partial charge is 0.497 e. The number of nitrogens with one attached hydrogen (secondary N) is 2. The summed E-state index contributed by atoms with van der Waals surface area (Å²) in [5.74, 6) is 0.393. The number of halogens is 1. The van der Waals surface area contributed by atoms with E-state index in [1.54, 1.807) is 19.2 Å². The van der Waals surface area contributed by atoms with E-state index in [9.17, 15) is 9.18 Å². The maximum absolute atomic E-state index is 13.2. The molecule has 5 heteroatoms. The number of amides is 1. The van der Waals surface area contributed by atoms with Gasteiger partial charge in [0.1, 0.15) is 11.6 Å². The number of methoxy groups -OCH3 is 1. The number of hydrogen-bond acceptors (Lipinski definition) is 3. The topological polar surface area (TPSA) is 50.4 Å². The molecule has 2 aromatic carbocycles. The van der Waals surface area contributed by atoms with Gasteiger partial charge in [-0.25, -0.2) is 4.39 Å². The van der Waals surface area contributed by atoms with Crippen LogP contribution in [0.2, 0.25) is 0 Å². The highest BCUT2D eigenvalue weighted by atomic mass is 19.1. The van der Waals surface area contributed by atoms with Gasteiger partial charge in [0.15, 0.2) is 0 Å². The Kier molecular flexibility index (Phi) is 6.32. The summed E-state index contributed by atoms with van der Waals surface area (Å²) in [6, 6.07) is 13.7. The Bertz CT molecular complexity index is 654. The summed E-state index contributed by atoms with van der Waals surface area (Å²) in [5.41, 5.74) is 1.86. The van der Waals surface area contributed by atoms with E-state index in [4.69, 9.17) is 4.74 Å². The van der Waals surface area contributed by atoms with Crippen molar-refractivity contribution in [2.75, 3.05) is 13.7 Å². The number of ether oxygens (including phenoxy) is 1. The molecule has 128 valence electrons. The molecular formula is C19H23FN2O2. The molecule has 2 N–H and O–H groups in total. The van der Waals surface area contributed by atoms with Crippen LogP contribution < -0.4 is 15.4 Å². The summed E-state index contributed by atoms with van der Waals surface area (Å²) >= 11 is 0. The lowest BCUT2D eigenvalue weighted by Gasteiger charge is -2.20. The molecule has 0 heterocycles. The summed E-state index contributed by atoms with van der Waals surface area (Å²) in [6.45, 7) is 4.00. The number of hydrogen-bond donors (Lipinski definition) is 2. The molecule has 0 bridgehead atoms. The average molecular weight is 330 g/mol. The van der Waals surface area contributed by atoms with Crippen molar-refractivity contribution in [2.24, 2.45) is 0 Å². The van der Waals surface area contributed by atoms with Gasteiger partial charge in [-0.2, -0.15) is 0 Å². The second-order valence-corrected chi connectivity index (χ2v) is 5.86. The summed E-state index contributed by atoms with van der Waals surface area (Å²) < 4.78 is 18.4. The van der Waals surface area contributed by atoms with Crippen LogP contribution in [0.5, 0.6) is 5.75 Å². The molecule has 0 fully saturated rings. The molecule has 0 saturated heterocycles. The van der Waals surface area contributed by atoms with Crippen LogP contribution in [0, 0.1) is 5.82 Å². The molecule has 2 aromatic rings. The molecule has 0 aliphatic carbocycles. The Morgan fingerprint density at radius 2 is 1.58 bits per heavy atom. The van der Waals surface area contributed by atoms with Gasteiger partial charge in [0.25, 0.3) is 0 Å². The fourth-order valence-corrected chi connectivity index (χ4v) is 2.45. The highest BCUT2D eigenvalue weighted by molar-refractivity contribution is 5.78. The van der Waals surface area contributed by atoms with Gasteiger partial charge in [-0.05, 0) is 49.2 Å². The molecule has 1 unspecified atom stereocenters. The third kappa shape index (κ3) is 5.06. The fraction of sp³-hybridized carbons (Fsp3) is 0.316. The first-order chi connectivity index (χ1) is 11.5. The van der Waals surface area contributed by atoms with Gasteiger partial charge in [-0.15, -0.1) is 0 Å². The van der Waals surface area contributed by atoms with Crippen LogP contribution in [-0.2, 0) is 4.79 Å². The van der Waals surface area contributed by atoms with Gasteiger partial charge < -0.3 is 10.1 Å². The van der Waals surface area contributed by atoms with Gasteiger partial charge in [-0.3, -0.25) is 10.1 Å². The van der Waals surface area contributed by atoms with Crippen LogP contribution in [0.15, 0.2) is 48.5 Å². The van der Waals surface area contributed by atoms with E-state index in [1.165, 1.54) is 12.1 Å². The van der Waals surface area contributed by atoms with Gasteiger partial charge in [0.05, 0.1) is 19.7 Å². The van der Waals surface area contributed by atoms with Crippen molar-refractivity contribution in [1.29, 1.82) is 0 Å². The Morgan fingerprint density at radius 1 is 1.04 bits per heavy atom. The third-order valence-electron chi connectivity index (χ3n) is 3.57. The minimum Gasteiger partial charge on any atom is -0.497 e. The summed E-state index contributed by atoms with van der Waals surface area (Å²) in [7, 11) is 1.61. The van der Waals surface area contributed by atoms with Crippen LogP contribution >= 0.6 is 0 Å². The zero-order valence-corrected chi connectivity index (χ0v) is 14.2. The van der Waals surface area contributed by atoms with Gasteiger partial charge in [0.2, 0.25) is 5.91 Å². The van der Waals surface area contributed by atoms with Crippen molar-refractivity contribution in [2.45, 2.75) is 25.9 Å². The molecule has 0 saturated carbocycles. The van der Waals surface area contributed by atoms with E-state index >= 15 is 0 Å². The predicted octanol–water partition coefficient (Wildman–Crippen LogP) is 3.04. The second-order valence-electron chi connectivity index (χ2n) is 5.86. The van der Waals surface area contributed by atoms with Crippen LogP contribution in [0.4, 0.5) is 4.39 Å². The molecule has 1 amide bonds. The van der Waals surface area contributed by atoms with Crippen molar-refractivity contribution >= 4 is 5.91 Å². The normalized spacial score (nSPS) is 12.0. The van der Waals surface area contributed by atoms with Crippen LogP contribution in [-0.4, -0.2) is 25.6 Å². The molecular weight excluding hydrogens is 307 g/mol. The van der Waals surface area contributed by atoms with Gasteiger partial charge in [0, 0.05) is 6.04 Å². The predicted molar refractivity (Wildman–Crippen MR) is 92.5 cm³/mol. The quantitative estimate of drug-likeness (QED) is 0.820.